The normalized spacial score (nSPS) is 10.4. The van der Waals surface area contributed by atoms with E-state index in [1.807, 2.05) is 0 Å². The topological polar surface area (TPSA) is 75.8 Å². The zero-order valence-corrected chi connectivity index (χ0v) is 8.51. The largest absolute Gasteiger partial charge is 0.497 e. The molecule has 0 atom stereocenters. The van der Waals surface area contributed by atoms with Gasteiger partial charge in [0.1, 0.15) is 5.75 Å². The van der Waals surface area contributed by atoms with Crippen molar-refractivity contribution in [1.29, 1.82) is 0 Å². The van der Waals surface area contributed by atoms with Crippen LogP contribution in [0.15, 0.2) is 18.2 Å². The van der Waals surface area contributed by atoms with Gasteiger partial charge < -0.3 is 9.94 Å². The highest BCUT2D eigenvalue weighted by Crippen LogP contribution is 2.24. The molecular weight excluding hydrogens is 200 g/mol. The van der Waals surface area contributed by atoms with Crippen molar-refractivity contribution >= 4 is 5.69 Å². The van der Waals surface area contributed by atoms with E-state index in [2.05, 4.69) is 0 Å². The van der Waals surface area contributed by atoms with E-state index < -0.39 is 4.92 Å². The van der Waals surface area contributed by atoms with Crippen LogP contribution in [0.5, 0.6) is 5.75 Å². The third kappa shape index (κ3) is 2.90. The molecule has 0 fully saturated rings. The van der Waals surface area contributed by atoms with Crippen molar-refractivity contribution in [2.24, 2.45) is 0 Å². The van der Waals surface area contributed by atoms with E-state index in [0.29, 0.717) is 11.3 Å². The van der Waals surface area contributed by atoms with Gasteiger partial charge in [0.05, 0.1) is 18.6 Å². The van der Waals surface area contributed by atoms with Crippen molar-refractivity contribution in [2.75, 3.05) is 14.2 Å². The van der Waals surface area contributed by atoms with Gasteiger partial charge in [0, 0.05) is 18.7 Å². The summed E-state index contributed by atoms with van der Waals surface area (Å²) in [6.07, 6.45) is 0. The standard InChI is InChI=1S/C9H12N2O4/c1-10(12)6-7-5-8(15-2)3-4-9(7)11(13)14/h3-5,12H,6H2,1-2H3. The second-order valence-corrected chi connectivity index (χ2v) is 3.07. The molecule has 6 heteroatoms. The summed E-state index contributed by atoms with van der Waals surface area (Å²) in [5.41, 5.74) is 0.376. The fraction of sp³-hybridized carbons (Fsp3) is 0.333. The number of ether oxygens (including phenoxy) is 1. The molecule has 0 aliphatic rings. The average molecular weight is 212 g/mol. The molecule has 1 aromatic carbocycles. The summed E-state index contributed by atoms with van der Waals surface area (Å²) in [4.78, 5) is 10.2. The van der Waals surface area contributed by atoms with Crippen LogP contribution in [-0.4, -0.2) is 29.4 Å². The van der Waals surface area contributed by atoms with Gasteiger partial charge in [-0.05, 0) is 12.1 Å². The van der Waals surface area contributed by atoms with Crippen LogP contribution in [0.25, 0.3) is 0 Å². The first-order valence-electron chi connectivity index (χ1n) is 4.26. The van der Waals surface area contributed by atoms with E-state index in [-0.39, 0.29) is 12.2 Å². The van der Waals surface area contributed by atoms with Gasteiger partial charge in [-0.3, -0.25) is 10.1 Å². The maximum absolute atomic E-state index is 10.7. The summed E-state index contributed by atoms with van der Waals surface area (Å²) in [6.45, 7) is 0.0769. The first-order valence-corrected chi connectivity index (χ1v) is 4.26. The highest BCUT2D eigenvalue weighted by molar-refractivity contribution is 5.45. The summed E-state index contributed by atoms with van der Waals surface area (Å²) >= 11 is 0. The highest BCUT2D eigenvalue weighted by atomic mass is 16.6. The van der Waals surface area contributed by atoms with Crippen LogP contribution in [0.4, 0.5) is 5.69 Å². The average Bonchev–Trinajstić information content (AvgIpc) is 2.16. The highest BCUT2D eigenvalue weighted by Gasteiger charge is 2.15. The van der Waals surface area contributed by atoms with Gasteiger partial charge in [-0.2, -0.15) is 5.06 Å². The summed E-state index contributed by atoms with van der Waals surface area (Å²) in [7, 11) is 2.90. The molecule has 0 heterocycles. The summed E-state index contributed by atoms with van der Waals surface area (Å²) in [5, 5.41) is 20.6. The monoisotopic (exact) mass is 212 g/mol. The van der Waals surface area contributed by atoms with E-state index in [9.17, 15) is 10.1 Å². The maximum atomic E-state index is 10.7. The number of nitro groups is 1. The summed E-state index contributed by atoms with van der Waals surface area (Å²) in [5.74, 6) is 0.525. The van der Waals surface area contributed by atoms with Crippen LogP contribution >= 0.6 is 0 Å². The maximum Gasteiger partial charge on any atom is 0.274 e. The van der Waals surface area contributed by atoms with Crippen molar-refractivity contribution in [1.82, 2.24) is 5.06 Å². The Morgan fingerprint density at radius 1 is 1.60 bits per heavy atom. The summed E-state index contributed by atoms with van der Waals surface area (Å²) < 4.78 is 4.95. The molecule has 82 valence electrons. The van der Waals surface area contributed by atoms with Crippen molar-refractivity contribution in [3.8, 4) is 5.75 Å². The Labute approximate surface area is 86.8 Å². The molecule has 0 spiro atoms. The second-order valence-electron chi connectivity index (χ2n) is 3.07. The second kappa shape index (κ2) is 4.72. The molecule has 0 saturated carbocycles. The third-order valence-corrected chi connectivity index (χ3v) is 1.88. The minimum Gasteiger partial charge on any atom is -0.497 e. The number of nitrogens with zero attached hydrogens (tertiary/aromatic N) is 2. The van der Waals surface area contributed by atoms with E-state index in [1.54, 1.807) is 0 Å². The van der Waals surface area contributed by atoms with E-state index in [4.69, 9.17) is 9.94 Å². The Morgan fingerprint density at radius 3 is 2.73 bits per heavy atom. The van der Waals surface area contributed by atoms with Crippen molar-refractivity contribution in [3.63, 3.8) is 0 Å². The van der Waals surface area contributed by atoms with Crippen LogP contribution in [0.2, 0.25) is 0 Å². The molecule has 0 bridgehead atoms. The lowest BCUT2D eigenvalue weighted by Crippen LogP contribution is -2.13. The third-order valence-electron chi connectivity index (χ3n) is 1.88. The van der Waals surface area contributed by atoms with Gasteiger partial charge in [0.15, 0.2) is 0 Å². The molecule has 0 saturated heterocycles. The zero-order valence-electron chi connectivity index (χ0n) is 8.51. The van der Waals surface area contributed by atoms with Crippen LogP contribution in [0.1, 0.15) is 5.56 Å². The van der Waals surface area contributed by atoms with Gasteiger partial charge in [0.2, 0.25) is 0 Å². The number of methoxy groups -OCH3 is 1. The SMILES string of the molecule is COc1ccc([N+](=O)[O-])c(CN(C)O)c1. The zero-order chi connectivity index (χ0) is 11.4. The molecule has 6 nitrogen and oxygen atoms in total. The Kier molecular flexibility index (Phi) is 3.59. The number of rotatable bonds is 4. The van der Waals surface area contributed by atoms with Crippen molar-refractivity contribution in [3.05, 3.63) is 33.9 Å². The molecule has 0 unspecified atom stereocenters. The molecule has 1 N–H and O–H groups in total. The molecule has 1 rings (SSSR count). The number of hydrogen-bond acceptors (Lipinski definition) is 5. The molecule has 0 aliphatic heterocycles. The van der Waals surface area contributed by atoms with Gasteiger partial charge in [0.25, 0.3) is 5.69 Å². The Balaban J connectivity index is 3.10. The first-order chi connectivity index (χ1) is 7.04. The Bertz CT molecular complexity index is 365. The molecule has 0 aromatic heterocycles. The van der Waals surface area contributed by atoms with E-state index in [0.717, 1.165) is 5.06 Å². The minimum atomic E-state index is -0.488. The number of hydroxylamine groups is 2. The first kappa shape index (κ1) is 11.4. The predicted molar refractivity (Wildman–Crippen MR) is 52.9 cm³/mol. The quantitative estimate of drug-likeness (QED) is 0.603. The number of benzene rings is 1. The number of nitro benzene ring substituents is 1. The Hall–Kier alpha value is -1.66. The fourth-order valence-corrected chi connectivity index (χ4v) is 1.24. The minimum absolute atomic E-state index is 0.0308. The van der Waals surface area contributed by atoms with Crippen molar-refractivity contribution in [2.45, 2.75) is 6.54 Å². The lowest BCUT2D eigenvalue weighted by Gasteiger charge is -2.09. The van der Waals surface area contributed by atoms with Crippen molar-refractivity contribution < 1.29 is 14.9 Å². The van der Waals surface area contributed by atoms with Gasteiger partial charge in [-0.1, -0.05) is 0 Å². The van der Waals surface area contributed by atoms with Crippen LogP contribution in [0.3, 0.4) is 0 Å². The molecule has 0 aliphatic carbocycles. The number of hydrogen-bond donors (Lipinski definition) is 1. The van der Waals surface area contributed by atoms with Gasteiger partial charge >= 0.3 is 0 Å². The van der Waals surface area contributed by atoms with Gasteiger partial charge in [-0.15, -0.1) is 0 Å². The van der Waals surface area contributed by atoms with Gasteiger partial charge in [-0.25, -0.2) is 0 Å². The molecule has 0 amide bonds. The fourth-order valence-electron chi connectivity index (χ4n) is 1.24. The van der Waals surface area contributed by atoms with Crippen LogP contribution in [-0.2, 0) is 6.54 Å². The van der Waals surface area contributed by atoms with E-state index >= 15 is 0 Å². The van der Waals surface area contributed by atoms with Crippen LogP contribution < -0.4 is 4.74 Å². The summed E-state index contributed by atoms with van der Waals surface area (Å²) in [6, 6.07) is 4.40. The van der Waals surface area contributed by atoms with E-state index in [1.165, 1.54) is 32.4 Å². The smallest absolute Gasteiger partial charge is 0.274 e. The molecule has 1 aromatic rings. The molecular formula is C9H12N2O4. The lowest BCUT2D eigenvalue weighted by atomic mass is 10.1. The van der Waals surface area contributed by atoms with Crippen LogP contribution in [0, 0.1) is 10.1 Å². The molecule has 0 radical (unpaired) electrons. The molecule has 15 heavy (non-hydrogen) atoms. The lowest BCUT2D eigenvalue weighted by molar-refractivity contribution is -0.386. The predicted octanol–water partition coefficient (Wildman–Crippen LogP) is 1.42. The Morgan fingerprint density at radius 2 is 2.27 bits per heavy atom.